The summed E-state index contributed by atoms with van der Waals surface area (Å²) in [6.07, 6.45) is 3.03. The third kappa shape index (κ3) is 5.62. The molecule has 10 nitrogen and oxygen atoms in total. The number of hydrogen-bond acceptors (Lipinski definition) is 8. The van der Waals surface area contributed by atoms with Crippen molar-refractivity contribution in [1.29, 1.82) is 5.26 Å². The van der Waals surface area contributed by atoms with Crippen LogP contribution >= 0.6 is 11.6 Å². The first-order chi connectivity index (χ1) is 21.4. The van der Waals surface area contributed by atoms with E-state index in [1.165, 1.54) is 0 Å². The van der Waals surface area contributed by atoms with Gasteiger partial charge in [0.15, 0.2) is 5.22 Å². The highest BCUT2D eigenvalue weighted by atomic mass is 35.5. The van der Waals surface area contributed by atoms with E-state index < -0.39 is 5.97 Å². The fraction of sp³-hybridized carbons (Fsp3) is 0.333. The highest BCUT2D eigenvalue weighted by Crippen LogP contribution is 2.32. The number of rotatable bonds is 9. The maximum Gasteiger partial charge on any atom is 0.335 e. The molecule has 3 aromatic heterocycles. The van der Waals surface area contributed by atoms with Gasteiger partial charge in [0.25, 0.3) is 0 Å². The lowest BCUT2D eigenvalue weighted by atomic mass is 9.93. The zero-order valence-electron chi connectivity index (χ0n) is 23.9. The van der Waals surface area contributed by atoms with Crippen molar-refractivity contribution in [1.82, 2.24) is 19.4 Å². The number of carboxylic acid groups (broad SMARTS) is 1. The number of carboxylic acids is 1. The Labute approximate surface area is 258 Å². The number of halogens is 1. The highest BCUT2D eigenvalue weighted by Gasteiger charge is 2.26. The van der Waals surface area contributed by atoms with Crippen LogP contribution in [0.25, 0.3) is 22.0 Å². The molecular weight excluding hydrogens is 582 g/mol. The van der Waals surface area contributed by atoms with Crippen molar-refractivity contribution in [3.05, 3.63) is 88.0 Å². The molecule has 0 bridgehead atoms. The number of hydrogen-bond donors (Lipinski definition) is 1. The van der Waals surface area contributed by atoms with Crippen molar-refractivity contribution in [3.63, 3.8) is 0 Å². The minimum absolute atomic E-state index is 0.130. The molecule has 11 heteroatoms. The number of benzene rings is 2. The molecule has 0 spiro atoms. The van der Waals surface area contributed by atoms with E-state index in [1.54, 1.807) is 30.3 Å². The highest BCUT2D eigenvalue weighted by molar-refractivity contribution is 6.29. The van der Waals surface area contributed by atoms with E-state index in [4.69, 9.17) is 35.5 Å². The molecular formula is C33H30ClN5O5. The summed E-state index contributed by atoms with van der Waals surface area (Å²) in [5.74, 6) is 0.827. The average Bonchev–Trinajstić information content (AvgIpc) is 3.57. The zero-order chi connectivity index (χ0) is 30.2. The van der Waals surface area contributed by atoms with Gasteiger partial charge >= 0.3 is 5.97 Å². The largest absolute Gasteiger partial charge is 0.478 e. The molecule has 1 atom stereocenters. The second kappa shape index (κ2) is 11.9. The van der Waals surface area contributed by atoms with E-state index in [9.17, 15) is 15.2 Å². The first-order valence-corrected chi connectivity index (χ1v) is 15.1. The molecule has 0 aliphatic carbocycles. The molecule has 2 aliphatic rings. The van der Waals surface area contributed by atoms with Gasteiger partial charge < -0.3 is 23.6 Å². The standard InChI is InChI=1S/C33H30ClN5O5/c34-29-15-25-22(16-35)4-5-23(32(25)44-29)19-43-31-3-1-2-26(37-31)20-8-11-38(12-9-20)18-30-36-27-7-6-21(33(40)41)14-28(27)39(30)17-24-10-13-42-24/h1-7,14-15,20,24H,8-13,17-19H2,(H,40,41)/t24-/m0/s1. The second-order valence-corrected chi connectivity index (χ2v) is 11.7. The third-order valence-corrected chi connectivity index (χ3v) is 8.79. The first kappa shape index (κ1) is 28.3. The minimum atomic E-state index is -0.944. The monoisotopic (exact) mass is 611 g/mol. The van der Waals surface area contributed by atoms with Gasteiger partial charge in [0.2, 0.25) is 5.88 Å². The lowest BCUT2D eigenvalue weighted by Crippen LogP contribution is -2.35. The lowest BCUT2D eigenvalue weighted by molar-refractivity contribution is -0.0592. The Bertz CT molecular complexity index is 1900. The number of imidazole rings is 1. The summed E-state index contributed by atoms with van der Waals surface area (Å²) in [5.41, 5.74) is 4.75. The number of aromatic carboxylic acids is 1. The number of fused-ring (bicyclic) bond motifs is 2. The Balaban J connectivity index is 1.01. The van der Waals surface area contributed by atoms with Crippen molar-refractivity contribution in [2.24, 2.45) is 0 Å². The van der Waals surface area contributed by atoms with Gasteiger partial charge in [0.1, 0.15) is 18.0 Å². The molecule has 7 rings (SSSR count). The van der Waals surface area contributed by atoms with E-state index in [1.807, 2.05) is 18.2 Å². The summed E-state index contributed by atoms with van der Waals surface area (Å²) in [6, 6.07) is 18.4. The van der Waals surface area contributed by atoms with Crippen LogP contribution in [0.4, 0.5) is 0 Å². The van der Waals surface area contributed by atoms with E-state index in [2.05, 4.69) is 21.6 Å². The molecule has 0 amide bonds. The number of ether oxygens (including phenoxy) is 2. The number of nitrogens with zero attached hydrogens (tertiary/aromatic N) is 5. The Morgan fingerprint density at radius 3 is 2.70 bits per heavy atom. The summed E-state index contributed by atoms with van der Waals surface area (Å²) < 4.78 is 19.5. The second-order valence-electron chi connectivity index (χ2n) is 11.3. The molecule has 2 aliphatic heterocycles. The van der Waals surface area contributed by atoms with Crippen LogP contribution < -0.4 is 4.74 Å². The van der Waals surface area contributed by atoms with Crippen molar-refractivity contribution in [2.75, 3.05) is 19.7 Å². The number of likely N-dealkylation sites (tertiary alicyclic amines) is 1. The normalized spacial score (nSPS) is 17.5. The molecule has 1 N–H and O–H groups in total. The topological polar surface area (TPSA) is 127 Å². The van der Waals surface area contributed by atoms with Gasteiger partial charge in [-0.15, -0.1) is 0 Å². The predicted octanol–water partition coefficient (Wildman–Crippen LogP) is 6.15. The van der Waals surface area contributed by atoms with Crippen LogP contribution in [0, 0.1) is 11.3 Å². The Hall–Kier alpha value is -4.43. The summed E-state index contributed by atoms with van der Waals surface area (Å²) in [5, 5.41) is 19.8. The van der Waals surface area contributed by atoms with E-state index in [0.29, 0.717) is 41.4 Å². The quantitative estimate of drug-likeness (QED) is 0.209. The van der Waals surface area contributed by atoms with E-state index >= 15 is 0 Å². The van der Waals surface area contributed by atoms with Gasteiger partial charge in [0, 0.05) is 41.3 Å². The smallest absolute Gasteiger partial charge is 0.335 e. The van der Waals surface area contributed by atoms with Gasteiger partial charge in [-0.2, -0.15) is 5.26 Å². The van der Waals surface area contributed by atoms with Crippen molar-refractivity contribution < 1.29 is 23.8 Å². The summed E-state index contributed by atoms with van der Waals surface area (Å²) in [7, 11) is 0. The summed E-state index contributed by atoms with van der Waals surface area (Å²) in [4.78, 5) is 23.7. The van der Waals surface area contributed by atoms with Crippen LogP contribution in [-0.4, -0.2) is 56.3 Å². The van der Waals surface area contributed by atoms with E-state index in [-0.39, 0.29) is 23.5 Å². The van der Waals surface area contributed by atoms with Crippen LogP contribution in [0.1, 0.15) is 58.2 Å². The Kier molecular flexibility index (Phi) is 7.68. The molecule has 2 aromatic carbocycles. The fourth-order valence-electron chi connectivity index (χ4n) is 6.10. The maximum absolute atomic E-state index is 11.6. The van der Waals surface area contributed by atoms with Crippen molar-refractivity contribution >= 4 is 39.6 Å². The van der Waals surface area contributed by atoms with Crippen LogP contribution in [0.15, 0.2) is 59.0 Å². The average molecular weight is 612 g/mol. The number of aromatic nitrogens is 3. The van der Waals surface area contributed by atoms with Crippen molar-refractivity contribution in [3.8, 4) is 11.9 Å². The number of carbonyl (C=O) groups is 1. The van der Waals surface area contributed by atoms with Gasteiger partial charge in [-0.1, -0.05) is 12.1 Å². The van der Waals surface area contributed by atoms with Crippen LogP contribution in [0.2, 0.25) is 5.22 Å². The SMILES string of the molecule is N#Cc1ccc(COc2cccc(C3CCN(Cc4nc5ccc(C(=O)O)cc5n4C[C@@H]4CCO4)CC3)n2)c2oc(Cl)cc12. The third-order valence-electron chi connectivity index (χ3n) is 8.60. The molecule has 2 fully saturated rings. The van der Waals surface area contributed by atoms with Crippen LogP contribution in [-0.2, 0) is 24.4 Å². The van der Waals surface area contributed by atoms with Gasteiger partial charge in [-0.25, -0.2) is 14.8 Å². The van der Waals surface area contributed by atoms with Gasteiger partial charge in [-0.05, 0) is 74.3 Å². The van der Waals surface area contributed by atoms with Gasteiger partial charge in [-0.3, -0.25) is 4.90 Å². The summed E-state index contributed by atoms with van der Waals surface area (Å²) >= 11 is 6.07. The molecule has 0 unspecified atom stereocenters. The van der Waals surface area contributed by atoms with E-state index in [0.717, 1.165) is 67.1 Å². The number of pyridine rings is 1. The molecule has 0 saturated carbocycles. The molecule has 224 valence electrons. The Morgan fingerprint density at radius 2 is 1.95 bits per heavy atom. The fourth-order valence-corrected chi connectivity index (χ4v) is 6.29. The summed E-state index contributed by atoms with van der Waals surface area (Å²) in [6.45, 7) is 4.14. The van der Waals surface area contributed by atoms with Crippen LogP contribution in [0.3, 0.4) is 0 Å². The van der Waals surface area contributed by atoms with Crippen molar-refractivity contribution in [2.45, 2.75) is 51.0 Å². The number of furan rings is 1. The number of nitriles is 1. The lowest BCUT2D eigenvalue weighted by Gasteiger charge is -2.32. The molecule has 5 heterocycles. The molecule has 44 heavy (non-hydrogen) atoms. The minimum Gasteiger partial charge on any atom is -0.478 e. The number of piperidine rings is 1. The zero-order valence-corrected chi connectivity index (χ0v) is 24.7. The molecule has 5 aromatic rings. The maximum atomic E-state index is 11.6. The van der Waals surface area contributed by atoms with Crippen LogP contribution in [0.5, 0.6) is 5.88 Å². The van der Waals surface area contributed by atoms with Gasteiger partial charge in [0.05, 0.1) is 47.4 Å². The predicted molar refractivity (Wildman–Crippen MR) is 163 cm³/mol. The molecule has 2 saturated heterocycles. The Morgan fingerprint density at radius 1 is 1.11 bits per heavy atom. The molecule has 0 radical (unpaired) electrons. The first-order valence-electron chi connectivity index (χ1n) is 14.7.